The lowest BCUT2D eigenvalue weighted by molar-refractivity contribution is -0.118. The number of nitrogens with one attached hydrogen (secondary N) is 1. The number of nitrogens with two attached hydrogens (primary N) is 1. The molecule has 0 atom stereocenters. The molecule has 0 radical (unpaired) electrons. The van der Waals surface area contributed by atoms with E-state index < -0.39 is 0 Å². The fourth-order valence-corrected chi connectivity index (χ4v) is 1.65. The summed E-state index contributed by atoms with van der Waals surface area (Å²) in [4.78, 5) is 11.8. The first-order valence-corrected chi connectivity index (χ1v) is 6.02. The number of carbonyl (C=O) groups is 1. The van der Waals surface area contributed by atoms with Crippen molar-refractivity contribution in [1.82, 2.24) is 0 Å². The van der Waals surface area contributed by atoms with Crippen LogP contribution in [0.25, 0.3) is 0 Å². The van der Waals surface area contributed by atoms with Crippen LogP contribution >= 0.6 is 28.1 Å². The van der Waals surface area contributed by atoms with Crippen molar-refractivity contribution in [2.75, 3.05) is 5.32 Å². The maximum atomic E-state index is 11.5. The Bertz CT molecular complexity index is 432. The van der Waals surface area contributed by atoms with Crippen LogP contribution in [0.15, 0.2) is 22.7 Å². The highest BCUT2D eigenvalue weighted by Gasteiger charge is 2.09. The minimum atomic E-state index is -0.0536. The lowest BCUT2D eigenvalue weighted by Gasteiger charge is -2.10. The Labute approximate surface area is 109 Å². The topological polar surface area (TPSA) is 55.1 Å². The Balaban J connectivity index is 2.91. The third-order valence-corrected chi connectivity index (χ3v) is 2.93. The van der Waals surface area contributed by atoms with Gasteiger partial charge in [0.25, 0.3) is 0 Å². The predicted molar refractivity (Wildman–Crippen MR) is 73.5 cm³/mol. The summed E-state index contributed by atoms with van der Waals surface area (Å²) >= 11 is 8.23. The second kappa shape index (κ2) is 5.41. The summed E-state index contributed by atoms with van der Waals surface area (Å²) in [7, 11) is 0. The van der Waals surface area contributed by atoms with Crippen LogP contribution in [-0.2, 0) is 4.79 Å². The van der Waals surface area contributed by atoms with E-state index in [1.165, 1.54) is 0 Å². The molecule has 1 amide bonds. The smallest absolute Gasteiger partial charge is 0.226 e. The summed E-state index contributed by atoms with van der Waals surface area (Å²) in [6.45, 7) is 3.68. The van der Waals surface area contributed by atoms with Gasteiger partial charge in [-0.1, -0.05) is 26.1 Å². The van der Waals surface area contributed by atoms with Crippen molar-refractivity contribution >= 4 is 44.7 Å². The summed E-state index contributed by atoms with van der Waals surface area (Å²) < 4.78 is 0.770. The molecule has 0 fully saturated rings. The van der Waals surface area contributed by atoms with E-state index in [9.17, 15) is 4.79 Å². The highest BCUT2D eigenvalue weighted by Crippen LogP contribution is 2.24. The van der Waals surface area contributed by atoms with Gasteiger partial charge in [0, 0.05) is 16.0 Å². The Morgan fingerprint density at radius 3 is 2.56 bits per heavy atom. The van der Waals surface area contributed by atoms with Crippen molar-refractivity contribution in [3.63, 3.8) is 0 Å². The first kappa shape index (κ1) is 13.1. The van der Waals surface area contributed by atoms with Gasteiger partial charge in [0.1, 0.15) is 4.99 Å². The summed E-state index contributed by atoms with van der Waals surface area (Å²) in [6.07, 6.45) is 0. The molecule has 0 spiro atoms. The number of hydrogen-bond acceptors (Lipinski definition) is 2. The second-order valence-electron chi connectivity index (χ2n) is 3.70. The van der Waals surface area contributed by atoms with Crippen molar-refractivity contribution in [1.29, 1.82) is 0 Å². The lowest BCUT2D eigenvalue weighted by Crippen LogP contribution is -2.18. The van der Waals surface area contributed by atoms with E-state index in [1.54, 1.807) is 18.2 Å². The molecule has 0 aliphatic heterocycles. The second-order valence-corrected chi connectivity index (χ2v) is 5.00. The van der Waals surface area contributed by atoms with E-state index in [4.69, 9.17) is 18.0 Å². The van der Waals surface area contributed by atoms with E-state index in [-0.39, 0.29) is 11.8 Å². The van der Waals surface area contributed by atoms with Crippen LogP contribution in [0.4, 0.5) is 5.69 Å². The number of carbonyl (C=O) groups excluding carboxylic acids is 1. The van der Waals surface area contributed by atoms with E-state index in [0.29, 0.717) is 4.99 Å². The van der Waals surface area contributed by atoms with E-state index in [0.717, 1.165) is 15.7 Å². The van der Waals surface area contributed by atoms with Crippen LogP contribution in [0.5, 0.6) is 0 Å². The molecule has 1 rings (SSSR count). The molecule has 0 unspecified atom stereocenters. The number of benzene rings is 1. The molecule has 1 aromatic rings. The van der Waals surface area contributed by atoms with Gasteiger partial charge in [-0.2, -0.15) is 0 Å². The van der Waals surface area contributed by atoms with Gasteiger partial charge in [0.15, 0.2) is 0 Å². The van der Waals surface area contributed by atoms with Crippen LogP contribution in [0.1, 0.15) is 19.4 Å². The van der Waals surface area contributed by atoms with Gasteiger partial charge in [0.2, 0.25) is 5.91 Å². The van der Waals surface area contributed by atoms with Gasteiger partial charge in [-0.15, -0.1) is 0 Å². The Hall–Kier alpha value is -0.940. The first-order valence-electron chi connectivity index (χ1n) is 4.82. The van der Waals surface area contributed by atoms with E-state index in [2.05, 4.69) is 21.2 Å². The normalized spacial score (nSPS) is 10.2. The molecule has 0 aliphatic rings. The maximum Gasteiger partial charge on any atom is 0.226 e. The lowest BCUT2D eigenvalue weighted by atomic mass is 10.1. The van der Waals surface area contributed by atoms with Gasteiger partial charge in [-0.3, -0.25) is 4.79 Å². The largest absolute Gasteiger partial charge is 0.389 e. The van der Waals surface area contributed by atoms with Crippen molar-refractivity contribution in [3.05, 3.63) is 28.2 Å². The zero-order chi connectivity index (χ0) is 12.3. The number of anilines is 1. The zero-order valence-electron chi connectivity index (χ0n) is 9.08. The molecule has 5 heteroatoms. The summed E-state index contributed by atoms with van der Waals surface area (Å²) in [6, 6.07) is 5.35. The predicted octanol–water partition coefficient (Wildman–Crippen LogP) is 2.68. The molecule has 16 heavy (non-hydrogen) atoms. The highest BCUT2D eigenvalue weighted by atomic mass is 79.9. The molecule has 1 aromatic carbocycles. The summed E-state index contributed by atoms with van der Waals surface area (Å²) in [5, 5.41) is 2.81. The fraction of sp³-hybridized carbons (Fsp3) is 0.273. The molecule has 0 aliphatic carbocycles. The average Bonchev–Trinajstić information content (AvgIpc) is 2.20. The molecule has 0 aromatic heterocycles. The Kier molecular flexibility index (Phi) is 4.44. The van der Waals surface area contributed by atoms with Crippen LogP contribution in [0, 0.1) is 5.92 Å². The average molecular weight is 301 g/mol. The molecule has 0 bridgehead atoms. The molecule has 0 saturated heterocycles. The Morgan fingerprint density at radius 1 is 1.50 bits per heavy atom. The molecule has 3 nitrogen and oxygen atoms in total. The Morgan fingerprint density at radius 2 is 2.12 bits per heavy atom. The third kappa shape index (κ3) is 3.28. The molecule has 3 N–H and O–H groups in total. The molecular formula is C11H13BrN2OS. The third-order valence-electron chi connectivity index (χ3n) is 2.04. The van der Waals surface area contributed by atoms with Crippen molar-refractivity contribution < 1.29 is 4.79 Å². The number of hydrogen-bond donors (Lipinski definition) is 2. The SMILES string of the molecule is CC(C)C(=O)Nc1ccc(C(N)=S)cc1Br. The van der Waals surface area contributed by atoms with Crippen molar-refractivity contribution in [2.24, 2.45) is 11.7 Å². The van der Waals surface area contributed by atoms with Gasteiger partial charge in [0.05, 0.1) is 5.69 Å². The quantitative estimate of drug-likeness (QED) is 0.844. The number of thiocarbonyl (C=S) groups is 1. The fourth-order valence-electron chi connectivity index (χ4n) is 1.05. The van der Waals surface area contributed by atoms with Crippen LogP contribution in [0.3, 0.4) is 0 Å². The van der Waals surface area contributed by atoms with Gasteiger partial charge >= 0.3 is 0 Å². The molecule has 86 valence electrons. The molecular weight excluding hydrogens is 288 g/mol. The van der Waals surface area contributed by atoms with Gasteiger partial charge < -0.3 is 11.1 Å². The number of amides is 1. The van der Waals surface area contributed by atoms with E-state index >= 15 is 0 Å². The van der Waals surface area contributed by atoms with Crippen LogP contribution in [-0.4, -0.2) is 10.9 Å². The summed E-state index contributed by atoms with van der Waals surface area (Å²) in [5.41, 5.74) is 6.99. The first-order chi connectivity index (χ1) is 7.41. The van der Waals surface area contributed by atoms with E-state index in [1.807, 2.05) is 13.8 Å². The monoisotopic (exact) mass is 300 g/mol. The zero-order valence-corrected chi connectivity index (χ0v) is 11.5. The van der Waals surface area contributed by atoms with Crippen molar-refractivity contribution in [2.45, 2.75) is 13.8 Å². The minimum Gasteiger partial charge on any atom is -0.389 e. The number of rotatable bonds is 3. The highest BCUT2D eigenvalue weighted by molar-refractivity contribution is 9.10. The van der Waals surface area contributed by atoms with Gasteiger partial charge in [-0.25, -0.2) is 0 Å². The molecule has 0 saturated carbocycles. The van der Waals surface area contributed by atoms with Crippen LogP contribution in [0.2, 0.25) is 0 Å². The van der Waals surface area contributed by atoms with Gasteiger partial charge in [-0.05, 0) is 34.1 Å². The molecule has 0 heterocycles. The maximum absolute atomic E-state index is 11.5. The number of halogens is 1. The standard InChI is InChI=1S/C11H13BrN2OS/c1-6(2)11(15)14-9-4-3-7(10(13)16)5-8(9)12/h3-6H,1-2H3,(H2,13,16)(H,14,15). The van der Waals surface area contributed by atoms with Crippen molar-refractivity contribution in [3.8, 4) is 0 Å². The van der Waals surface area contributed by atoms with Crippen LogP contribution < -0.4 is 11.1 Å². The summed E-state index contributed by atoms with van der Waals surface area (Å²) in [5.74, 6) is -0.0778. The minimum absolute atomic E-state index is 0.0243.